The molecule has 3 nitrogen and oxygen atoms in total. The maximum Gasteiger partial charge on any atom is 0.323 e. The molecule has 0 saturated carbocycles. The highest BCUT2D eigenvalue weighted by atomic mass is 35.5. The quantitative estimate of drug-likeness (QED) is 0.718. The van der Waals surface area contributed by atoms with Crippen LogP contribution >= 0.6 is 12.4 Å². The standard InChI is InChI=1S/C9H19NO2.ClH/c1-6(2)5-8(10)9(11)12-7(3)4;/h6-8H,5,10H2,1-4H3;1H. The van der Waals surface area contributed by atoms with Gasteiger partial charge in [0, 0.05) is 0 Å². The second-order valence-corrected chi connectivity index (χ2v) is 3.72. The third kappa shape index (κ3) is 8.06. The number of carbonyl (C=O) groups excluding carboxylic acids is 1. The van der Waals surface area contributed by atoms with Gasteiger partial charge >= 0.3 is 5.97 Å². The first-order chi connectivity index (χ1) is 5.43. The fourth-order valence-electron chi connectivity index (χ4n) is 0.924. The summed E-state index contributed by atoms with van der Waals surface area (Å²) in [7, 11) is 0. The fraction of sp³-hybridized carbons (Fsp3) is 0.889. The van der Waals surface area contributed by atoms with Crippen LogP contribution < -0.4 is 5.73 Å². The first kappa shape index (κ1) is 15.2. The molecule has 0 aliphatic heterocycles. The van der Waals surface area contributed by atoms with Crippen LogP contribution in [0.5, 0.6) is 0 Å². The summed E-state index contributed by atoms with van der Waals surface area (Å²) >= 11 is 0. The Morgan fingerprint density at radius 1 is 1.31 bits per heavy atom. The molecule has 0 aliphatic rings. The van der Waals surface area contributed by atoms with Crippen molar-refractivity contribution < 1.29 is 9.53 Å². The molecule has 0 aromatic rings. The van der Waals surface area contributed by atoms with Gasteiger partial charge in [-0.2, -0.15) is 0 Å². The predicted molar refractivity (Wildman–Crippen MR) is 55.9 cm³/mol. The molecule has 0 amide bonds. The Morgan fingerprint density at radius 3 is 2.08 bits per heavy atom. The van der Waals surface area contributed by atoms with E-state index in [1.165, 1.54) is 0 Å². The number of carbonyl (C=O) groups is 1. The van der Waals surface area contributed by atoms with Crippen LogP contribution in [0.3, 0.4) is 0 Å². The molecule has 0 spiro atoms. The van der Waals surface area contributed by atoms with Gasteiger partial charge in [0.15, 0.2) is 0 Å². The normalized spacial score (nSPS) is 12.5. The third-order valence-corrected chi connectivity index (χ3v) is 1.38. The van der Waals surface area contributed by atoms with Gasteiger partial charge in [-0.05, 0) is 26.2 Å². The van der Waals surface area contributed by atoms with E-state index >= 15 is 0 Å². The predicted octanol–water partition coefficient (Wildman–Crippen LogP) is 1.73. The van der Waals surface area contributed by atoms with Crippen LogP contribution in [0.1, 0.15) is 34.1 Å². The summed E-state index contributed by atoms with van der Waals surface area (Å²) in [4.78, 5) is 11.1. The molecule has 80 valence electrons. The van der Waals surface area contributed by atoms with Gasteiger partial charge in [0.1, 0.15) is 6.04 Å². The average molecular weight is 210 g/mol. The molecule has 0 bridgehead atoms. The largest absolute Gasteiger partial charge is 0.462 e. The van der Waals surface area contributed by atoms with Crippen LogP contribution in [0.4, 0.5) is 0 Å². The molecule has 2 N–H and O–H groups in total. The number of ether oxygens (including phenoxy) is 1. The van der Waals surface area contributed by atoms with Crippen LogP contribution in [0.25, 0.3) is 0 Å². The zero-order valence-corrected chi connectivity index (χ0v) is 9.56. The fourth-order valence-corrected chi connectivity index (χ4v) is 0.924. The number of hydrogen-bond acceptors (Lipinski definition) is 3. The van der Waals surface area contributed by atoms with Gasteiger partial charge in [-0.3, -0.25) is 4.79 Å². The number of rotatable bonds is 4. The minimum absolute atomic E-state index is 0. The second kappa shape index (κ2) is 7.15. The van der Waals surface area contributed by atoms with E-state index in [1.807, 2.05) is 27.7 Å². The molecule has 0 radical (unpaired) electrons. The molecule has 13 heavy (non-hydrogen) atoms. The van der Waals surface area contributed by atoms with Crippen LogP contribution in [-0.2, 0) is 9.53 Å². The highest BCUT2D eigenvalue weighted by molar-refractivity contribution is 5.85. The average Bonchev–Trinajstić information content (AvgIpc) is 1.84. The Balaban J connectivity index is 0. The first-order valence-electron chi connectivity index (χ1n) is 4.39. The van der Waals surface area contributed by atoms with Gasteiger partial charge in [0.2, 0.25) is 0 Å². The summed E-state index contributed by atoms with van der Waals surface area (Å²) in [5, 5.41) is 0. The Hall–Kier alpha value is -0.280. The molecule has 1 unspecified atom stereocenters. The SMILES string of the molecule is CC(C)CC(N)C(=O)OC(C)C.Cl. The number of hydrogen-bond donors (Lipinski definition) is 1. The molecule has 0 fully saturated rings. The van der Waals surface area contributed by atoms with Gasteiger partial charge in [0.05, 0.1) is 6.10 Å². The summed E-state index contributed by atoms with van der Waals surface area (Å²) in [6.07, 6.45) is 0.613. The maximum atomic E-state index is 11.1. The number of esters is 1. The lowest BCUT2D eigenvalue weighted by Crippen LogP contribution is -2.34. The van der Waals surface area contributed by atoms with Crippen molar-refractivity contribution in [1.82, 2.24) is 0 Å². The Morgan fingerprint density at radius 2 is 1.77 bits per heavy atom. The third-order valence-electron chi connectivity index (χ3n) is 1.38. The van der Waals surface area contributed by atoms with Crippen molar-refractivity contribution in [3.05, 3.63) is 0 Å². The molecule has 0 aromatic heterocycles. The van der Waals surface area contributed by atoms with Crippen molar-refractivity contribution in [3.8, 4) is 0 Å². The molecule has 0 saturated heterocycles. The monoisotopic (exact) mass is 209 g/mol. The Kier molecular flexibility index (Phi) is 8.37. The lowest BCUT2D eigenvalue weighted by Gasteiger charge is -2.15. The lowest BCUT2D eigenvalue weighted by molar-refractivity contribution is -0.149. The Labute approximate surface area is 86.4 Å². The van der Waals surface area contributed by atoms with E-state index in [2.05, 4.69) is 0 Å². The van der Waals surface area contributed by atoms with E-state index < -0.39 is 6.04 Å². The summed E-state index contributed by atoms with van der Waals surface area (Å²) in [6.45, 7) is 7.70. The number of halogens is 1. The van der Waals surface area contributed by atoms with E-state index in [9.17, 15) is 4.79 Å². The van der Waals surface area contributed by atoms with E-state index in [4.69, 9.17) is 10.5 Å². The van der Waals surface area contributed by atoms with Crippen LogP contribution in [0, 0.1) is 5.92 Å². The van der Waals surface area contributed by atoms with E-state index in [-0.39, 0.29) is 24.5 Å². The molecule has 0 heterocycles. The summed E-state index contributed by atoms with van der Waals surface area (Å²) < 4.78 is 4.95. The molecular formula is C9H20ClNO2. The van der Waals surface area contributed by atoms with Gasteiger partial charge in [-0.15, -0.1) is 12.4 Å². The maximum absolute atomic E-state index is 11.1. The van der Waals surface area contributed by atoms with Crippen molar-refractivity contribution in [2.45, 2.75) is 46.3 Å². The van der Waals surface area contributed by atoms with Crippen molar-refractivity contribution in [3.63, 3.8) is 0 Å². The summed E-state index contributed by atoms with van der Waals surface area (Å²) in [6, 6.07) is -0.465. The molecule has 0 rings (SSSR count). The summed E-state index contributed by atoms with van der Waals surface area (Å²) in [5.41, 5.74) is 5.59. The molecule has 0 aromatic carbocycles. The van der Waals surface area contributed by atoms with Gasteiger partial charge in [-0.1, -0.05) is 13.8 Å². The summed E-state index contributed by atoms with van der Waals surface area (Å²) in [5.74, 6) is 0.137. The highest BCUT2D eigenvalue weighted by Gasteiger charge is 2.17. The van der Waals surface area contributed by atoms with Gasteiger partial charge in [0.25, 0.3) is 0 Å². The highest BCUT2D eigenvalue weighted by Crippen LogP contribution is 2.04. The van der Waals surface area contributed by atoms with Crippen molar-refractivity contribution in [1.29, 1.82) is 0 Å². The number of nitrogens with two attached hydrogens (primary N) is 1. The minimum atomic E-state index is -0.465. The Bertz CT molecular complexity index is 149. The van der Waals surface area contributed by atoms with Crippen LogP contribution in [0.15, 0.2) is 0 Å². The molecule has 1 atom stereocenters. The van der Waals surface area contributed by atoms with Gasteiger partial charge < -0.3 is 10.5 Å². The lowest BCUT2D eigenvalue weighted by atomic mass is 10.1. The van der Waals surface area contributed by atoms with Crippen LogP contribution in [0.2, 0.25) is 0 Å². The van der Waals surface area contributed by atoms with E-state index in [1.54, 1.807) is 0 Å². The van der Waals surface area contributed by atoms with E-state index in [0.29, 0.717) is 12.3 Å². The van der Waals surface area contributed by atoms with Gasteiger partial charge in [-0.25, -0.2) is 0 Å². The second-order valence-electron chi connectivity index (χ2n) is 3.72. The molecule has 4 heteroatoms. The first-order valence-corrected chi connectivity index (χ1v) is 4.39. The zero-order chi connectivity index (χ0) is 9.72. The van der Waals surface area contributed by atoms with E-state index in [0.717, 1.165) is 0 Å². The molecular weight excluding hydrogens is 190 g/mol. The van der Waals surface area contributed by atoms with Crippen LogP contribution in [-0.4, -0.2) is 18.1 Å². The van der Waals surface area contributed by atoms with Crippen molar-refractivity contribution in [2.24, 2.45) is 11.7 Å². The molecule has 0 aliphatic carbocycles. The van der Waals surface area contributed by atoms with Crippen molar-refractivity contribution in [2.75, 3.05) is 0 Å². The van der Waals surface area contributed by atoms with Crippen molar-refractivity contribution >= 4 is 18.4 Å². The zero-order valence-electron chi connectivity index (χ0n) is 8.74. The smallest absolute Gasteiger partial charge is 0.323 e. The topological polar surface area (TPSA) is 52.3 Å². The minimum Gasteiger partial charge on any atom is -0.462 e.